The Morgan fingerprint density at radius 2 is 2.12 bits per heavy atom. The lowest BCUT2D eigenvalue weighted by molar-refractivity contribution is 0.276. The smallest absolute Gasteiger partial charge is 0.123 e. The average Bonchev–Trinajstić information content (AvgIpc) is 2.29. The van der Waals surface area contributed by atoms with Crippen LogP contribution in [-0.4, -0.2) is 22.9 Å². The van der Waals surface area contributed by atoms with Crippen LogP contribution in [0, 0.1) is 6.92 Å². The minimum absolute atomic E-state index is 0.229. The van der Waals surface area contributed by atoms with E-state index in [1.807, 2.05) is 19.1 Å². The van der Waals surface area contributed by atoms with Crippen molar-refractivity contribution in [2.45, 2.75) is 39.3 Å². The first-order valence-corrected chi connectivity index (χ1v) is 6.66. The number of rotatable bonds is 6. The van der Waals surface area contributed by atoms with Gasteiger partial charge in [0.05, 0.1) is 0 Å². The Hall–Kier alpha value is -0.580. The topological polar surface area (TPSA) is 52.5 Å². The van der Waals surface area contributed by atoms with Crippen molar-refractivity contribution in [2.75, 3.05) is 6.61 Å². The van der Waals surface area contributed by atoms with E-state index in [0.29, 0.717) is 18.3 Å². The van der Waals surface area contributed by atoms with E-state index in [9.17, 15) is 5.11 Å². The number of hydrogen-bond acceptors (Lipinski definition) is 3. The molecule has 1 aromatic carbocycles. The van der Waals surface area contributed by atoms with Gasteiger partial charge in [0.2, 0.25) is 0 Å². The molecule has 0 heterocycles. The van der Waals surface area contributed by atoms with E-state index in [0.717, 1.165) is 28.4 Å². The van der Waals surface area contributed by atoms with E-state index in [4.69, 9.17) is 5.11 Å². The van der Waals surface area contributed by atoms with Crippen LogP contribution in [-0.2, 0) is 6.54 Å². The normalized spacial score (nSPS) is 12.7. The van der Waals surface area contributed by atoms with Gasteiger partial charge >= 0.3 is 0 Å². The fraction of sp³-hybridized carbons (Fsp3) is 0.538. The minimum atomic E-state index is 0.229. The number of benzene rings is 1. The summed E-state index contributed by atoms with van der Waals surface area (Å²) in [7, 11) is 0. The molecule has 96 valence electrons. The molecule has 0 spiro atoms. The number of aliphatic hydroxyl groups excluding tert-OH is 1. The predicted octanol–water partition coefficient (Wildman–Crippen LogP) is 2.71. The second-order valence-electron chi connectivity index (χ2n) is 4.38. The first-order chi connectivity index (χ1) is 8.04. The number of aryl methyl sites for hydroxylation is 1. The van der Waals surface area contributed by atoms with Crippen molar-refractivity contribution in [3.05, 3.63) is 27.7 Å². The summed E-state index contributed by atoms with van der Waals surface area (Å²) < 4.78 is 0.979. The number of phenols is 1. The highest BCUT2D eigenvalue weighted by Crippen LogP contribution is 2.26. The third-order valence-corrected chi connectivity index (χ3v) is 3.24. The zero-order valence-electron chi connectivity index (χ0n) is 10.3. The van der Waals surface area contributed by atoms with Crippen molar-refractivity contribution < 1.29 is 10.2 Å². The zero-order chi connectivity index (χ0) is 12.8. The number of aliphatic hydroxyl groups is 1. The molecule has 0 saturated carbocycles. The molecule has 0 aromatic heterocycles. The summed E-state index contributed by atoms with van der Waals surface area (Å²) >= 11 is 3.42. The van der Waals surface area contributed by atoms with Gasteiger partial charge in [-0.25, -0.2) is 0 Å². The summed E-state index contributed by atoms with van der Waals surface area (Å²) in [6.07, 6.45) is 1.74. The van der Waals surface area contributed by atoms with Gasteiger partial charge in [0.15, 0.2) is 0 Å². The van der Waals surface area contributed by atoms with Crippen LogP contribution in [0.15, 0.2) is 16.6 Å². The molecule has 0 fully saturated rings. The van der Waals surface area contributed by atoms with Gasteiger partial charge < -0.3 is 15.5 Å². The van der Waals surface area contributed by atoms with Crippen molar-refractivity contribution in [3.8, 4) is 5.75 Å². The molecular weight excluding hydrogens is 282 g/mol. The zero-order valence-corrected chi connectivity index (χ0v) is 11.9. The van der Waals surface area contributed by atoms with Crippen molar-refractivity contribution in [1.82, 2.24) is 5.32 Å². The van der Waals surface area contributed by atoms with Crippen LogP contribution in [0.2, 0.25) is 0 Å². The lowest BCUT2D eigenvalue weighted by atomic mass is 10.1. The second-order valence-corrected chi connectivity index (χ2v) is 5.29. The van der Waals surface area contributed by atoms with Crippen molar-refractivity contribution >= 4 is 15.9 Å². The lowest BCUT2D eigenvalue weighted by Crippen LogP contribution is -2.25. The summed E-state index contributed by atoms with van der Waals surface area (Å²) in [5.41, 5.74) is 1.77. The molecule has 0 aliphatic carbocycles. The van der Waals surface area contributed by atoms with Crippen LogP contribution in [0.1, 0.15) is 30.9 Å². The Morgan fingerprint density at radius 1 is 1.41 bits per heavy atom. The molecule has 1 atom stereocenters. The Labute approximate surface area is 111 Å². The summed E-state index contributed by atoms with van der Waals surface area (Å²) in [5.74, 6) is 0.357. The third-order valence-electron chi connectivity index (χ3n) is 2.78. The molecule has 4 heteroatoms. The Morgan fingerprint density at radius 3 is 2.76 bits per heavy atom. The summed E-state index contributed by atoms with van der Waals surface area (Å²) in [6, 6.07) is 4.16. The van der Waals surface area contributed by atoms with Gasteiger partial charge in [-0.05, 0) is 44.4 Å². The van der Waals surface area contributed by atoms with Crippen molar-refractivity contribution in [2.24, 2.45) is 0 Å². The number of halogens is 1. The van der Waals surface area contributed by atoms with Crippen LogP contribution >= 0.6 is 15.9 Å². The van der Waals surface area contributed by atoms with Crippen LogP contribution in [0.3, 0.4) is 0 Å². The van der Waals surface area contributed by atoms with E-state index >= 15 is 0 Å². The van der Waals surface area contributed by atoms with Crippen LogP contribution in [0.25, 0.3) is 0 Å². The number of aromatic hydroxyl groups is 1. The van der Waals surface area contributed by atoms with Crippen LogP contribution in [0.4, 0.5) is 0 Å². The minimum Gasteiger partial charge on any atom is -0.507 e. The molecule has 17 heavy (non-hydrogen) atoms. The lowest BCUT2D eigenvalue weighted by Gasteiger charge is -2.15. The maximum Gasteiger partial charge on any atom is 0.123 e. The number of phenolic OH excluding ortho intramolecular Hbond substituents is 1. The standard InChI is InChI=1S/C13H20BrNO2/c1-9-6-12(14)7-11(13(9)17)8-15-10(2)4-3-5-16/h6-7,10,15-17H,3-5,8H2,1-2H3. The SMILES string of the molecule is Cc1cc(Br)cc(CNC(C)CCCO)c1O. The van der Waals surface area contributed by atoms with E-state index < -0.39 is 0 Å². The molecule has 3 N–H and O–H groups in total. The van der Waals surface area contributed by atoms with Crippen molar-refractivity contribution in [1.29, 1.82) is 0 Å². The third kappa shape index (κ3) is 4.66. The Bertz CT molecular complexity index is 369. The van der Waals surface area contributed by atoms with Gasteiger partial charge in [-0.2, -0.15) is 0 Å². The maximum absolute atomic E-state index is 9.91. The van der Waals surface area contributed by atoms with Gasteiger partial charge in [-0.3, -0.25) is 0 Å². The molecule has 0 amide bonds. The maximum atomic E-state index is 9.91. The molecule has 3 nitrogen and oxygen atoms in total. The van der Waals surface area contributed by atoms with E-state index in [1.54, 1.807) is 0 Å². The van der Waals surface area contributed by atoms with E-state index in [1.165, 1.54) is 0 Å². The fourth-order valence-corrected chi connectivity index (χ4v) is 2.34. The highest BCUT2D eigenvalue weighted by molar-refractivity contribution is 9.10. The molecule has 0 bridgehead atoms. The van der Waals surface area contributed by atoms with Gasteiger partial charge in [-0.15, -0.1) is 0 Å². The molecule has 0 saturated heterocycles. The first kappa shape index (κ1) is 14.5. The monoisotopic (exact) mass is 301 g/mol. The van der Waals surface area contributed by atoms with Gasteiger partial charge in [0.1, 0.15) is 5.75 Å². The molecule has 1 aromatic rings. The van der Waals surface area contributed by atoms with Crippen molar-refractivity contribution in [3.63, 3.8) is 0 Å². The highest BCUT2D eigenvalue weighted by atomic mass is 79.9. The molecule has 1 unspecified atom stereocenters. The van der Waals surface area contributed by atoms with Gasteiger partial charge in [0, 0.05) is 29.2 Å². The molecule has 0 aliphatic rings. The molecular formula is C13H20BrNO2. The fourth-order valence-electron chi connectivity index (χ4n) is 1.72. The molecule has 0 aliphatic heterocycles. The highest BCUT2D eigenvalue weighted by Gasteiger charge is 2.07. The average molecular weight is 302 g/mol. The Balaban J connectivity index is 2.57. The first-order valence-electron chi connectivity index (χ1n) is 5.86. The summed E-state index contributed by atoms with van der Waals surface area (Å²) in [4.78, 5) is 0. The van der Waals surface area contributed by atoms with E-state index in [2.05, 4.69) is 28.2 Å². The van der Waals surface area contributed by atoms with Crippen LogP contribution in [0.5, 0.6) is 5.75 Å². The summed E-state index contributed by atoms with van der Waals surface area (Å²) in [5, 5.41) is 22.0. The second kappa shape index (κ2) is 6.99. The molecule has 0 radical (unpaired) electrons. The Kier molecular flexibility index (Phi) is 5.95. The summed E-state index contributed by atoms with van der Waals surface area (Å²) in [6.45, 7) is 4.84. The van der Waals surface area contributed by atoms with E-state index in [-0.39, 0.29) is 6.61 Å². The number of hydrogen-bond donors (Lipinski definition) is 3. The van der Waals surface area contributed by atoms with Gasteiger partial charge in [-0.1, -0.05) is 15.9 Å². The van der Waals surface area contributed by atoms with Gasteiger partial charge in [0.25, 0.3) is 0 Å². The largest absolute Gasteiger partial charge is 0.507 e. The predicted molar refractivity (Wildman–Crippen MR) is 73.2 cm³/mol. The number of nitrogens with one attached hydrogen (secondary N) is 1. The quantitative estimate of drug-likeness (QED) is 0.757. The molecule has 1 rings (SSSR count). The van der Waals surface area contributed by atoms with Crippen LogP contribution < -0.4 is 5.32 Å².